The molecule has 2 aromatic heterocycles. The number of rotatable bonds is 4. The van der Waals surface area contributed by atoms with E-state index >= 15 is 0 Å². The minimum atomic E-state index is 0.763. The summed E-state index contributed by atoms with van der Waals surface area (Å²) in [4.78, 5) is 7.12. The number of hydrogen-bond donors (Lipinski definition) is 1. The molecule has 0 unspecified atom stereocenters. The van der Waals surface area contributed by atoms with Crippen LogP contribution in [-0.4, -0.2) is 58.2 Å². The fraction of sp³-hybridized carbons (Fsp3) is 0.353. The Labute approximate surface area is 140 Å². The summed E-state index contributed by atoms with van der Waals surface area (Å²) >= 11 is 0. The van der Waals surface area contributed by atoms with Crippen LogP contribution in [0, 0.1) is 0 Å². The number of pyridine rings is 1. The van der Waals surface area contributed by atoms with E-state index in [0.29, 0.717) is 0 Å². The Hall–Kier alpha value is -2.51. The van der Waals surface area contributed by atoms with Crippen LogP contribution >= 0.6 is 0 Å². The van der Waals surface area contributed by atoms with Gasteiger partial charge in [-0.2, -0.15) is 4.68 Å². The minimum Gasteiger partial charge on any atom is -0.379 e. The number of anilines is 1. The van der Waals surface area contributed by atoms with Gasteiger partial charge < -0.3 is 10.1 Å². The van der Waals surface area contributed by atoms with E-state index in [-0.39, 0.29) is 0 Å². The quantitative estimate of drug-likeness (QED) is 0.788. The highest BCUT2D eigenvalue weighted by atomic mass is 16.5. The summed E-state index contributed by atoms with van der Waals surface area (Å²) < 4.78 is 7.18. The zero-order chi connectivity index (χ0) is 16.4. The molecule has 7 nitrogen and oxygen atoms in total. The van der Waals surface area contributed by atoms with Gasteiger partial charge in [-0.05, 0) is 18.2 Å². The maximum atomic E-state index is 5.41. The summed E-state index contributed by atoms with van der Waals surface area (Å²) in [6.07, 6.45) is 0. The zero-order valence-electron chi connectivity index (χ0n) is 13.6. The lowest BCUT2D eigenvalue weighted by Gasteiger charge is -2.27. The molecule has 7 heteroatoms. The summed E-state index contributed by atoms with van der Waals surface area (Å²) in [6.45, 7) is 4.37. The molecule has 0 atom stereocenters. The van der Waals surface area contributed by atoms with Crippen molar-refractivity contribution in [2.75, 3.05) is 38.7 Å². The van der Waals surface area contributed by atoms with Crippen molar-refractivity contribution in [2.45, 2.75) is 6.54 Å². The van der Waals surface area contributed by atoms with Crippen molar-refractivity contribution in [1.82, 2.24) is 24.9 Å². The molecule has 1 saturated heterocycles. The standard InChI is InChI=1S/C17H20N6O/c1-18-17-13(12-22-8-10-24-11-9-22)6-7-16(19-17)23-15-5-3-2-4-14(15)20-21-23/h2-7H,8-12H2,1H3,(H,18,19). The number of aromatic nitrogens is 4. The van der Waals surface area contributed by atoms with Crippen molar-refractivity contribution in [3.05, 3.63) is 42.0 Å². The zero-order valence-corrected chi connectivity index (χ0v) is 13.6. The molecule has 1 N–H and O–H groups in total. The highest BCUT2D eigenvalue weighted by Crippen LogP contribution is 2.20. The van der Waals surface area contributed by atoms with Crippen LogP contribution in [0.5, 0.6) is 0 Å². The van der Waals surface area contributed by atoms with Gasteiger partial charge in [0.15, 0.2) is 5.82 Å². The number of nitrogens with zero attached hydrogens (tertiary/aromatic N) is 5. The van der Waals surface area contributed by atoms with Crippen LogP contribution in [0.4, 0.5) is 5.82 Å². The van der Waals surface area contributed by atoms with Crippen LogP contribution in [0.2, 0.25) is 0 Å². The number of fused-ring (bicyclic) bond motifs is 1. The summed E-state index contributed by atoms with van der Waals surface area (Å²) in [6, 6.07) is 12.0. The number of hydrogen-bond acceptors (Lipinski definition) is 6. The first-order valence-corrected chi connectivity index (χ1v) is 8.14. The van der Waals surface area contributed by atoms with Gasteiger partial charge in [0.25, 0.3) is 0 Å². The lowest BCUT2D eigenvalue weighted by molar-refractivity contribution is 0.0342. The van der Waals surface area contributed by atoms with Crippen LogP contribution < -0.4 is 5.32 Å². The van der Waals surface area contributed by atoms with Gasteiger partial charge in [-0.25, -0.2) is 4.98 Å². The molecule has 3 aromatic rings. The van der Waals surface area contributed by atoms with Crippen molar-refractivity contribution < 1.29 is 4.74 Å². The van der Waals surface area contributed by atoms with Crippen LogP contribution in [0.3, 0.4) is 0 Å². The predicted octanol–water partition coefficient (Wildman–Crippen LogP) is 1.69. The molecule has 3 heterocycles. The highest BCUT2D eigenvalue weighted by molar-refractivity contribution is 5.75. The van der Waals surface area contributed by atoms with E-state index in [4.69, 9.17) is 9.72 Å². The maximum absolute atomic E-state index is 5.41. The summed E-state index contributed by atoms with van der Waals surface area (Å²) in [5.74, 6) is 1.64. The molecular weight excluding hydrogens is 304 g/mol. The van der Waals surface area contributed by atoms with Gasteiger partial charge in [0, 0.05) is 32.2 Å². The first-order chi connectivity index (χ1) is 11.8. The molecule has 4 rings (SSSR count). The van der Waals surface area contributed by atoms with Gasteiger partial charge in [-0.1, -0.05) is 23.4 Å². The SMILES string of the molecule is CNc1nc(-n2nnc3ccccc32)ccc1CN1CCOCC1. The molecule has 1 aliphatic heterocycles. The molecule has 0 bridgehead atoms. The first-order valence-electron chi connectivity index (χ1n) is 8.14. The second-order valence-electron chi connectivity index (χ2n) is 5.81. The van der Waals surface area contributed by atoms with Gasteiger partial charge in [0.2, 0.25) is 0 Å². The van der Waals surface area contributed by atoms with Crippen molar-refractivity contribution in [1.29, 1.82) is 0 Å². The third kappa shape index (κ3) is 2.83. The van der Waals surface area contributed by atoms with E-state index in [2.05, 4.69) is 26.6 Å². The van der Waals surface area contributed by atoms with Gasteiger partial charge in [0.1, 0.15) is 11.3 Å². The largest absolute Gasteiger partial charge is 0.379 e. The Morgan fingerprint density at radius 2 is 1.96 bits per heavy atom. The van der Waals surface area contributed by atoms with E-state index in [1.165, 1.54) is 5.56 Å². The topological polar surface area (TPSA) is 68.1 Å². The van der Waals surface area contributed by atoms with Crippen molar-refractivity contribution in [3.8, 4) is 5.82 Å². The molecule has 1 aliphatic rings. The maximum Gasteiger partial charge on any atom is 0.158 e. The van der Waals surface area contributed by atoms with Crippen LogP contribution in [0.25, 0.3) is 16.9 Å². The third-order valence-corrected chi connectivity index (χ3v) is 4.27. The molecule has 0 radical (unpaired) electrons. The Morgan fingerprint density at radius 1 is 1.12 bits per heavy atom. The number of ether oxygens (including phenoxy) is 1. The highest BCUT2D eigenvalue weighted by Gasteiger charge is 2.15. The van der Waals surface area contributed by atoms with E-state index in [0.717, 1.165) is 55.5 Å². The molecule has 0 aliphatic carbocycles. The lowest BCUT2D eigenvalue weighted by atomic mass is 10.2. The molecule has 0 amide bonds. The monoisotopic (exact) mass is 324 g/mol. The Kier molecular flexibility index (Phi) is 4.10. The molecule has 1 aromatic carbocycles. The third-order valence-electron chi connectivity index (χ3n) is 4.27. The van der Waals surface area contributed by atoms with Crippen LogP contribution in [0.1, 0.15) is 5.56 Å². The molecule has 1 fully saturated rings. The van der Waals surface area contributed by atoms with Gasteiger partial charge in [0.05, 0.1) is 18.7 Å². The van der Waals surface area contributed by atoms with Crippen molar-refractivity contribution >= 4 is 16.9 Å². The Bertz CT molecular complexity index is 840. The predicted molar refractivity (Wildman–Crippen MR) is 92.3 cm³/mol. The molecule has 24 heavy (non-hydrogen) atoms. The van der Waals surface area contributed by atoms with Crippen LogP contribution in [0.15, 0.2) is 36.4 Å². The van der Waals surface area contributed by atoms with E-state index in [1.807, 2.05) is 37.4 Å². The summed E-state index contributed by atoms with van der Waals surface area (Å²) in [5.41, 5.74) is 2.99. The van der Waals surface area contributed by atoms with Gasteiger partial charge in [-0.3, -0.25) is 4.90 Å². The second kappa shape index (κ2) is 6.54. The van der Waals surface area contributed by atoms with E-state index in [9.17, 15) is 0 Å². The number of morpholine rings is 1. The van der Waals surface area contributed by atoms with E-state index in [1.54, 1.807) is 4.68 Å². The lowest BCUT2D eigenvalue weighted by Crippen LogP contribution is -2.35. The normalized spacial score (nSPS) is 15.7. The number of benzene rings is 1. The second-order valence-corrected chi connectivity index (χ2v) is 5.81. The average Bonchev–Trinajstić information content (AvgIpc) is 3.07. The Balaban J connectivity index is 1.65. The number of para-hydroxylation sites is 1. The summed E-state index contributed by atoms with van der Waals surface area (Å²) in [7, 11) is 1.90. The average molecular weight is 324 g/mol. The summed E-state index contributed by atoms with van der Waals surface area (Å²) in [5, 5.41) is 11.6. The van der Waals surface area contributed by atoms with Crippen molar-refractivity contribution in [2.24, 2.45) is 0 Å². The Morgan fingerprint density at radius 3 is 2.79 bits per heavy atom. The fourth-order valence-corrected chi connectivity index (χ4v) is 2.98. The van der Waals surface area contributed by atoms with Crippen LogP contribution in [-0.2, 0) is 11.3 Å². The van der Waals surface area contributed by atoms with Crippen molar-refractivity contribution in [3.63, 3.8) is 0 Å². The van der Waals surface area contributed by atoms with E-state index < -0.39 is 0 Å². The van der Waals surface area contributed by atoms with Gasteiger partial charge >= 0.3 is 0 Å². The molecular formula is C17H20N6O. The molecule has 124 valence electrons. The first kappa shape index (κ1) is 15.0. The minimum absolute atomic E-state index is 0.763. The molecule has 0 saturated carbocycles. The fourth-order valence-electron chi connectivity index (χ4n) is 2.98. The molecule has 0 spiro atoms. The van der Waals surface area contributed by atoms with Gasteiger partial charge in [-0.15, -0.1) is 5.10 Å². The number of nitrogens with one attached hydrogen (secondary N) is 1. The smallest absolute Gasteiger partial charge is 0.158 e.